The molecule has 1 aromatic heterocycles. The lowest BCUT2D eigenvalue weighted by molar-refractivity contribution is -0.122. The average Bonchev–Trinajstić information content (AvgIpc) is 3.46. The number of hydrogen-bond acceptors (Lipinski definition) is 3. The van der Waals surface area contributed by atoms with E-state index >= 15 is 0 Å². The Morgan fingerprint density at radius 2 is 2.00 bits per heavy atom. The van der Waals surface area contributed by atoms with E-state index < -0.39 is 0 Å². The summed E-state index contributed by atoms with van der Waals surface area (Å²) in [6.45, 7) is 5.47. The first-order valence-corrected chi connectivity index (χ1v) is 10.8. The zero-order valence-electron chi connectivity index (χ0n) is 17.9. The number of nitrogens with one attached hydrogen (secondary N) is 1. The van der Waals surface area contributed by atoms with Crippen molar-refractivity contribution in [2.45, 2.75) is 39.7 Å². The number of carbonyl (C=O) groups is 2. The Morgan fingerprint density at radius 3 is 2.84 bits per heavy atom. The summed E-state index contributed by atoms with van der Waals surface area (Å²) >= 11 is 0. The van der Waals surface area contributed by atoms with Crippen LogP contribution in [0.25, 0.3) is 11.3 Å². The first-order chi connectivity index (χ1) is 15.0. The Morgan fingerprint density at radius 1 is 1.13 bits per heavy atom. The third-order valence-corrected chi connectivity index (χ3v) is 6.44. The van der Waals surface area contributed by atoms with Crippen molar-refractivity contribution in [3.05, 3.63) is 65.6 Å². The van der Waals surface area contributed by atoms with Crippen molar-refractivity contribution in [1.82, 2.24) is 9.55 Å². The summed E-state index contributed by atoms with van der Waals surface area (Å²) < 4.78 is 2.25. The zero-order chi connectivity index (χ0) is 21.5. The molecule has 1 fully saturated rings. The highest BCUT2D eigenvalue weighted by Crippen LogP contribution is 2.30. The van der Waals surface area contributed by atoms with Crippen molar-refractivity contribution in [3.8, 4) is 11.3 Å². The molecule has 2 aliphatic rings. The van der Waals surface area contributed by atoms with E-state index in [1.54, 1.807) is 4.90 Å². The molecule has 5 rings (SSSR count). The Kier molecular flexibility index (Phi) is 4.85. The number of aromatic nitrogens is 2. The molecule has 1 saturated heterocycles. The highest BCUT2D eigenvalue weighted by atomic mass is 16.2. The predicted molar refractivity (Wildman–Crippen MR) is 121 cm³/mol. The molecule has 2 aromatic carbocycles. The summed E-state index contributed by atoms with van der Waals surface area (Å²) in [5.41, 5.74) is 6.06. The second kappa shape index (κ2) is 7.69. The van der Waals surface area contributed by atoms with Gasteiger partial charge in [-0.25, -0.2) is 4.98 Å². The van der Waals surface area contributed by atoms with Crippen LogP contribution in [0.3, 0.4) is 0 Å². The van der Waals surface area contributed by atoms with Gasteiger partial charge in [0.1, 0.15) is 5.82 Å². The molecule has 31 heavy (non-hydrogen) atoms. The molecule has 3 aromatic rings. The van der Waals surface area contributed by atoms with E-state index in [9.17, 15) is 9.59 Å². The molecule has 0 bridgehead atoms. The number of hydrogen-bond donors (Lipinski definition) is 1. The second-order valence-corrected chi connectivity index (χ2v) is 8.56. The molecule has 6 heteroatoms. The molecule has 1 atom stereocenters. The van der Waals surface area contributed by atoms with Crippen molar-refractivity contribution in [2.24, 2.45) is 5.92 Å². The fourth-order valence-electron chi connectivity index (χ4n) is 4.52. The lowest BCUT2D eigenvalue weighted by Crippen LogP contribution is -2.28. The molecule has 3 heterocycles. The fourth-order valence-corrected chi connectivity index (χ4v) is 4.52. The largest absolute Gasteiger partial charge is 0.328 e. The van der Waals surface area contributed by atoms with Crippen molar-refractivity contribution >= 4 is 23.2 Å². The minimum atomic E-state index is -0.364. The van der Waals surface area contributed by atoms with E-state index in [0.717, 1.165) is 53.4 Å². The molecule has 6 nitrogen and oxygen atoms in total. The molecular weight excluding hydrogens is 388 g/mol. The van der Waals surface area contributed by atoms with Gasteiger partial charge in [-0.15, -0.1) is 0 Å². The first-order valence-electron chi connectivity index (χ1n) is 10.8. The molecule has 2 amide bonds. The van der Waals surface area contributed by atoms with E-state index in [-0.39, 0.29) is 24.2 Å². The van der Waals surface area contributed by atoms with Crippen molar-refractivity contribution in [1.29, 1.82) is 0 Å². The van der Waals surface area contributed by atoms with Crippen molar-refractivity contribution in [2.75, 3.05) is 16.8 Å². The van der Waals surface area contributed by atoms with E-state index in [0.29, 0.717) is 6.54 Å². The Hall–Kier alpha value is -3.41. The van der Waals surface area contributed by atoms with Crippen LogP contribution in [0.1, 0.15) is 29.8 Å². The van der Waals surface area contributed by atoms with Crippen LogP contribution in [0.5, 0.6) is 0 Å². The minimum Gasteiger partial charge on any atom is -0.328 e. The molecule has 0 radical (unpaired) electrons. The average molecular weight is 415 g/mol. The monoisotopic (exact) mass is 414 g/mol. The summed E-state index contributed by atoms with van der Waals surface area (Å²) in [5.74, 6) is 0.639. The number of amides is 2. The Bertz CT molecular complexity index is 1180. The SMILES string of the molecule is Cc1ccc(N2CC(C(=O)Nc3cccc(-c4cnc5n4CCC5)c3)CC2=O)cc1C. The summed E-state index contributed by atoms with van der Waals surface area (Å²) in [4.78, 5) is 31.8. The summed E-state index contributed by atoms with van der Waals surface area (Å²) in [5, 5.41) is 3.02. The highest BCUT2D eigenvalue weighted by molar-refractivity contribution is 6.03. The maximum atomic E-state index is 12.9. The van der Waals surface area contributed by atoms with Gasteiger partial charge in [0, 0.05) is 42.9 Å². The predicted octanol–water partition coefficient (Wildman–Crippen LogP) is 4.10. The van der Waals surface area contributed by atoms with Gasteiger partial charge in [-0.3, -0.25) is 9.59 Å². The number of fused-ring (bicyclic) bond motifs is 1. The fraction of sp³-hybridized carbons (Fsp3) is 0.320. The first kappa shape index (κ1) is 19.5. The third-order valence-electron chi connectivity index (χ3n) is 6.44. The molecule has 0 saturated carbocycles. The number of aryl methyl sites for hydroxylation is 3. The van der Waals surface area contributed by atoms with Gasteiger partial charge < -0.3 is 14.8 Å². The van der Waals surface area contributed by atoms with E-state index in [1.165, 1.54) is 5.56 Å². The number of nitrogens with zero attached hydrogens (tertiary/aromatic N) is 3. The minimum absolute atomic E-state index is 0.00743. The van der Waals surface area contributed by atoms with Crippen molar-refractivity contribution in [3.63, 3.8) is 0 Å². The highest BCUT2D eigenvalue weighted by Gasteiger charge is 2.35. The van der Waals surface area contributed by atoms with Crippen LogP contribution in [0, 0.1) is 19.8 Å². The van der Waals surface area contributed by atoms with Gasteiger partial charge in [0.05, 0.1) is 17.8 Å². The van der Waals surface area contributed by atoms with Gasteiger partial charge in [-0.2, -0.15) is 0 Å². The lowest BCUT2D eigenvalue weighted by atomic mass is 10.1. The zero-order valence-corrected chi connectivity index (χ0v) is 17.9. The number of carbonyl (C=O) groups excluding carboxylic acids is 2. The van der Waals surface area contributed by atoms with Crippen LogP contribution in [-0.4, -0.2) is 27.9 Å². The standard InChI is InChI=1S/C25H26N4O2/c1-16-8-9-21(11-17(16)2)29-15-19(13-24(29)30)25(31)27-20-6-3-5-18(12-20)22-14-26-23-7-4-10-28(22)23/h3,5-6,8-9,11-12,14,19H,4,7,10,13,15H2,1-2H3,(H,27,31). The molecule has 1 unspecified atom stereocenters. The molecule has 2 aliphatic heterocycles. The summed E-state index contributed by atoms with van der Waals surface area (Å²) in [7, 11) is 0. The third kappa shape index (κ3) is 3.63. The topological polar surface area (TPSA) is 67.2 Å². The number of benzene rings is 2. The Labute approximate surface area is 181 Å². The van der Waals surface area contributed by atoms with Crippen LogP contribution < -0.4 is 10.2 Å². The van der Waals surface area contributed by atoms with E-state index in [1.807, 2.05) is 62.5 Å². The van der Waals surface area contributed by atoms with Crippen LogP contribution in [-0.2, 0) is 22.6 Å². The van der Waals surface area contributed by atoms with Crippen LogP contribution in [0.15, 0.2) is 48.7 Å². The molecular formula is C25H26N4O2. The van der Waals surface area contributed by atoms with E-state index in [2.05, 4.69) is 14.9 Å². The molecule has 0 spiro atoms. The van der Waals surface area contributed by atoms with Gasteiger partial charge >= 0.3 is 0 Å². The molecule has 0 aliphatic carbocycles. The van der Waals surface area contributed by atoms with Gasteiger partial charge in [0.25, 0.3) is 0 Å². The molecule has 1 N–H and O–H groups in total. The lowest BCUT2D eigenvalue weighted by Gasteiger charge is -2.18. The Balaban J connectivity index is 1.30. The number of anilines is 2. The van der Waals surface area contributed by atoms with Crippen LogP contribution >= 0.6 is 0 Å². The second-order valence-electron chi connectivity index (χ2n) is 8.56. The van der Waals surface area contributed by atoms with Crippen molar-refractivity contribution < 1.29 is 9.59 Å². The summed E-state index contributed by atoms with van der Waals surface area (Å²) in [6, 6.07) is 13.8. The maximum Gasteiger partial charge on any atom is 0.229 e. The smallest absolute Gasteiger partial charge is 0.229 e. The van der Waals surface area contributed by atoms with Gasteiger partial charge in [0.15, 0.2) is 0 Å². The summed E-state index contributed by atoms with van der Waals surface area (Å²) in [6.07, 6.45) is 4.28. The van der Waals surface area contributed by atoms with Gasteiger partial charge in [0.2, 0.25) is 11.8 Å². The molecule has 158 valence electrons. The maximum absolute atomic E-state index is 12.9. The van der Waals surface area contributed by atoms with E-state index in [4.69, 9.17) is 0 Å². The quantitative estimate of drug-likeness (QED) is 0.699. The van der Waals surface area contributed by atoms with Crippen LogP contribution in [0.4, 0.5) is 11.4 Å². The van der Waals surface area contributed by atoms with Gasteiger partial charge in [-0.05, 0) is 55.7 Å². The van der Waals surface area contributed by atoms with Gasteiger partial charge in [-0.1, -0.05) is 18.2 Å². The normalized spacial score (nSPS) is 17.8. The number of rotatable bonds is 4. The number of imidazole rings is 1. The van der Waals surface area contributed by atoms with Crippen LogP contribution in [0.2, 0.25) is 0 Å².